The highest BCUT2D eigenvalue weighted by Crippen LogP contribution is 2.28. The second-order valence-corrected chi connectivity index (χ2v) is 7.16. The van der Waals surface area contributed by atoms with Gasteiger partial charge in [0.15, 0.2) is 0 Å². The van der Waals surface area contributed by atoms with Crippen molar-refractivity contribution >= 4 is 12.2 Å². The molecular formula is C25H22O. The number of benzene rings is 3. The molecule has 2 aliphatic rings. The second kappa shape index (κ2) is 6.59. The summed E-state index contributed by atoms with van der Waals surface area (Å²) >= 11 is 0. The first-order chi connectivity index (χ1) is 12.9. The summed E-state index contributed by atoms with van der Waals surface area (Å²) in [5, 5.41) is 2.79. The summed E-state index contributed by atoms with van der Waals surface area (Å²) in [4.78, 5) is 0. The van der Waals surface area contributed by atoms with E-state index in [4.69, 9.17) is 4.74 Å². The average molecular weight is 338 g/mol. The zero-order valence-corrected chi connectivity index (χ0v) is 14.8. The smallest absolute Gasteiger partial charge is 0.0838 e. The van der Waals surface area contributed by atoms with Crippen LogP contribution in [0.3, 0.4) is 0 Å². The minimum Gasteiger partial charge on any atom is -0.369 e. The van der Waals surface area contributed by atoms with Crippen LogP contribution in [-0.4, -0.2) is 0 Å². The molecule has 1 nitrogen and oxygen atoms in total. The monoisotopic (exact) mass is 338 g/mol. The Hall–Kier alpha value is -2.64. The SMILES string of the molecule is C1=c2c(ccc3c2=CCCC3OCc2ccccc2)-c2ccccc2C1. The number of rotatable bonds is 3. The maximum Gasteiger partial charge on any atom is 0.0838 e. The van der Waals surface area contributed by atoms with Crippen molar-refractivity contribution < 1.29 is 4.74 Å². The molecule has 2 aliphatic carbocycles. The number of ether oxygens (including phenoxy) is 1. The third kappa shape index (κ3) is 2.69. The Labute approximate surface area is 154 Å². The lowest BCUT2D eigenvalue weighted by Gasteiger charge is -2.24. The van der Waals surface area contributed by atoms with Gasteiger partial charge in [-0.15, -0.1) is 0 Å². The minimum absolute atomic E-state index is 0.186. The molecule has 3 aromatic carbocycles. The van der Waals surface area contributed by atoms with Gasteiger partial charge in [-0.3, -0.25) is 0 Å². The van der Waals surface area contributed by atoms with Crippen LogP contribution < -0.4 is 10.4 Å². The van der Waals surface area contributed by atoms with Gasteiger partial charge in [0.2, 0.25) is 0 Å². The first kappa shape index (κ1) is 15.6. The lowest BCUT2D eigenvalue weighted by Crippen LogP contribution is -2.35. The van der Waals surface area contributed by atoms with Crippen molar-refractivity contribution in [3.8, 4) is 11.1 Å². The summed E-state index contributed by atoms with van der Waals surface area (Å²) in [7, 11) is 0. The fourth-order valence-electron chi connectivity index (χ4n) is 4.27. The zero-order valence-electron chi connectivity index (χ0n) is 14.8. The van der Waals surface area contributed by atoms with Crippen LogP contribution in [0.4, 0.5) is 0 Å². The van der Waals surface area contributed by atoms with Crippen molar-refractivity contribution in [1.29, 1.82) is 0 Å². The van der Waals surface area contributed by atoms with Crippen molar-refractivity contribution in [1.82, 2.24) is 0 Å². The first-order valence-corrected chi connectivity index (χ1v) is 9.47. The fourth-order valence-corrected chi connectivity index (χ4v) is 4.27. The molecule has 0 spiro atoms. The number of fused-ring (bicyclic) bond motifs is 5. The summed E-state index contributed by atoms with van der Waals surface area (Å²) in [5.74, 6) is 0. The van der Waals surface area contributed by atoms with E-state index in [2.05, 4.69) is 72.8 Å². The van der Waals surface area contributed by atoms with E-state index in [1.807, 2.05) is 6.07 Å². The van der Waals surface area contributed by atoms with Crippen molar-refractivity contribution in [2.24, 2.45) is 0 Å². The Balaban J connectivity index is 1.52. The van der Waals surface area contributed by atoms with E-state index in [1.54, 1.807) is 0 Å². The minimum atomic E-state index is 0.186. The quantitative estimate of drug-likeness (QED) is 0.682. The van der Waals surface area contributed by atoms with Crippen LogP contribution in [0.15, 0.2) is 66.7 Å². The van der Waals surface area contributed by atoms with Crippen LogP contribution in [0.2, 0.25) is 0 Å². The van der Waals surface area contributed by atoms with Gasteiger partial charge in [-0.05, 0) is 57.5 Å². The fraction of sp³-hybridized carbons (Fsp3) is 0.200. The molecule has 0 fully saturated rings. The highest BCUT2D eigenvalue weighted by Gasteiger charge is 2.20. The van der Waals surface area contributed by atoms with Crippen LogP contribution in [-0.2, 0) is 17.8 Å². The zero-order chi connectivity index (χ0) is 17.3. The molecule has 1 unspecified atom stereocenters. The molecular weight excluding hydrogens is 316 g/mol. The van der Waals surface area contributed by atoms with E-state index in [0.29, 0.717) is 6.61 Å². The molecule has 0 aliphatic heterocycles. The lowest BCUT2D eigenvalue weighted by molar-refractivity contribution is 0.0330. The molecule has 128 valence electrons. The molecule has 0 radical (unpaired) electrons. The Morgan fingerprint density at radius 3 is 2.54 bits per heavy atom. The molecule has 0 heterocycles. The van der Waals surface area contributed by atoms with Crippen LogP contribution in [0.1, 0.15) is 35.6 Å². The van der Waals surface area contributed by atoms with Gasteiger partial charge >= 0.3 is 0 Å². The normalized spacial score (nSPS) is 17.3. The predicted molar refractivity (Wildman–Crippen MR) is 107 cm³/mol. The molecule has 3 aromatic rings. The van der Waals surface area contributed by atoms with Crippen molar-refractivity contribution in [3.63, 3.8) is 0 Å². The molecule has 0 aromatic heterocycles. The van der Waals surface area contributed by atoms with Crippen LogP contribution in [0.5, 0.6) is 0 Å². The summed E-state index contributed by atoms with van der Waals surface area (Å²) in [6, 6.07) is 23.8. The van der Waals surface area contributed by atoms with E-state index in [-0.39, 0.29) is 6.10 Å². The van der Waals surface area contributed by atoms with Crippen LogP contribution in [0, 0.1) is 0 Å². The average Bonchev–Trinajstić information content (AvgIpc) is 2.72. The third-order valence-electron chi connectivity index (χ3n) is 5.57. The van der Waals surface area contributed by atoms with Gasteiger partial charge in [0.25, 0.3) is 0 Å². The van der Waals surface area contributed by atoms with Crippen molar-refractivity contribution in [3.05, 3.63) is 93.9 Å². The Bertz CT molecular complexity index is 1060. The summed E-state index contributed by atoms with van der Waals surface area (Å²) in [6.07, 6.45) is 8.15. The second-order valence-electron chi connectivity index (χ2n) is 7.16. The maximum atomic E-state index is 6.32. The topological polar surface area (TPSA) is 9.23 Å². The van der Waals surface area contributed by atoms with Gasteiger partial charge in [-0.2, -0.15) is 0 Å². The van der Waals surface area contributed by atoms with Gasteiger partial charge in [0, 0.05) is 0 Å². The molecule has 26 heavy (non-hydrogen) atoms. The Morgan fingerprint density at radius 2 is 1.62 bits per heavy atom. The Kier molecular flexibility index (Phi) is 3.95. The van der Waals surface area contributed by atoms with Crippen LogP contribution in [0.25, 0.3) is 23.3 Å². The van der Waals surface area contributed by atoms with E-state index < -0.39 is 0 Å². The molecule has 5 rings (SSSR count). The van der Waals surface area contributed by atoms with Gasteiger partial charge in [-0.1, -0.05) is 78.9 Å². The van der Waals surface area contributed by atoms with Gasteiger partial charge in [-0.25, -0.2) is 0 Å². The molecule has 0 N–H and O–H groups in total. The van der Waals surface area contributed by atoms with Crippen molar-refractivity contribution in [2.45, 2.75) is 32.0 Å². The van der Waals surface area contributed by atoms with Gasteiger partial charge < -0.3 is 4.74 Å². The summed E-state index contributed by atoms with van der Waals surface area (Å²) < 4.78 is 6.32. The lowest BCUT2D eigenvalue weighted by atomic mass is 9.86. The molecule has 0 saturated carbocycles. The molecule has 0 amide bonds. The molecule has 1 heteroatoms. The van der Waals surface area contributed by atoms with E-state index >= 15 is 0 Å². The molecule has 0 saturated heterocycles. The first-order valence-electron chi connectivity index (χ1n) is 9.47. The molecule has 0 bridgehead atoms. The highest BCUT2D eigenvalue weighted by atomic mass is 16.5. The largest absolute Gasteiger partial charge is 0.369 e. The maximum absolute atomic E-state index is 6.32. The van der Waals surface area contributed by atoms with Gasteiger partial charge in [0.05, 0.1) is 12.7 Å². The predicted octanol–water partition coefficient (Wildman–Crippen LogP) is 4.52. The van der Waals surface area contributed by atoms with E-state index in [9.17, 15) is 0 Å². The summed E-state index contributed by atoms with van der Waals surface area (Å²) in [6.45, 7) is 0.675. The molecule has 1 atom stereocenters. The number of hydrogen-bond donors (Lipinski definition) is 0. The van der Waals surface area contributed by atoms with Crippen molar-refractivity contribution in [2.75, 3.05) is 0 Å². The van der Waals surface area contributed by atoms with Gasteiger partial charge in [0.1, 0.15) is 0 Å². The third-order valence-corrected chi connectivity index (χ3v) is 5.57. The highest BCUT2D eigenvalue weighted by molar-refractivity contribution is 5.74. The number of hydrogen-bond acceptors (Lipinski definition) is 1. The Morgan fingerprint density at radius 1 is 0.769 bits per heavy atom. The van der Waals surface area contributed by atoms with Crippen LogP contribution >= 0.6 is 0 Å². The standard InChI is InChI=1S/C25H22O/c1-2-7-18(8-3-1)17-26-25-12-6-11-21-23-14-13-19-9-4-5-10-20(19)22(23)15-16-24(21)25/h1-5,7-11,14-16,25H,6,12-13,17H2. The van der Waals surface area contributed by atoms with E-state index in [0.717, 1.165) is 19.3 Å². The van der Waals surface area contributed by atoms with E-state index in [1.165, 1.54) is 38.3 Å². The summed E-state index contributed by atoms with van der Waals surface area (Å²) in [5.41, 5.74) is 6.76.